The number of carbonyl (C=O) groups excluding carboxylic acids is 2. The minimum Gasteiger partial charge on any atom is -0.348 e. The maximum Gasteiger partial charge on any atom is 0.471 e. The fourth-order valence-corrected chi connectivity index (χ4v) is 2.17. The lowest BCUT2D eigenvalue weighted by Crippen LogP contribution is -2.37. The highest BCUT2D eigenvalue weighted by atomic mass is 31.1. The number of alkyl halides is 6. The topological polar surface area (TPSA) is 76.7 Å². The van der Waals surface area contributed by atoms with Crippen LogP contribution in [0.4, 0.5) is 26.3 Å². The molecule has 0 saturated carbocycles. The number of hydrogen-bond acceptors (Lipinski definition) is 4. The molecule has 0 radical (unpaired) electrons. The molecule has 0 aromatic carbocycles. The highest BCUT2D eigenvalue weighted by Crippen LogP contribution is 2.23. The molecule has 0 spiro atoms. The lowest BCUT2D eigenvalue weighted by atomic mass is 10.3. The molecule has 0 fully saturated rings. The molecular formula is C13H20F6N2O4P+. The maximum atomic E-state index is 11.9. The molecule has 0 aromatic rings. The highest BCUT2D eigenvalue weighted by molar-refractivity contribution is 7.45. The number of rotatable bonds is 12. The predicted octanol–water partition coefficient (Wildman–Crippen LogP) is 2.68. The van der Waals surface area contributed by atoms with Crippen LogP contribution < -0.4 is 10.6 Å². The molecule has 0 saturated heterocycles. The van der Waals surface area contributed by atoms with Crippen molar-refractivity contribution in [3.63, 3.8) is 0 Å². The minimum absolute atomic E-state index is 0.138. The largest absolute Gasteiger partial charge is 0.471 e. The van der Waals surface area contributed by atoms with Gasteiger partial charge < -0.3 is 10.6 Å². The first-order valence-corrected chi connectivity index (χ1v) is 8.87. The zero-order valence-corrected chi connectivity index (χ0v) is 14.6. The van der Waals surface area contributed by atoms with Crippen molar-refractivity contribution in [2.45, 2.75) is 38.0 Å². The smallest absolute Gasteiger partial charge is 0.348 e. The van der Waals surface area contributed by atoms with Crippen LogP contribution in [0.25, 0.3) is 0 Å². The molecule has 2 amide bonds. The summed E-state index contributed by atoms with van der Waals surface area (Å²) in [4.78, 5) is 21.0. The van der Waals surface area contributed by atoms with Crippen LogP contribution in [0.5, 0.6) is 0 Å². The third-order valence-corrected chi connectivity index (χ3v) is 3.64. The Morgan fingerprint density at radius 3 is 1.42 bits per heavy atom. The van der Waals surface area contributed by atoms with Gasteiger partial charge in [0, 0.05) is 13.1 Å². The van der Waals surface area contributed by atoms with E-state index in [-0.39, 0.29) is 39.1 Å². The van der Waals surface area contributed by atoms with Crippen molar-refractivity contribution in [3.05, 3.63) is 0 Å². The summed E-state index contributed by atoms with van der Waals surface area (Å²) in [6, 6.07) is 0. The molecule has 0 aliphatic heterocycles. The molecule has 2 N–H and O–H groups in total. The molecule has 0 aliphatic rings. The Morgan fingerprint density at radius 2 is 1.12 bits per heavy atom. The first-order valence-electron chi connectivity index (χ1n) is 7.51. The van der Waals surface area contributed by atoms with Gasteiger partial charge in [-0.25, -0.2) is 0 Å². The van der Waals surface area contributed by atoms with Gasteiger partial charge in [0.1, 0.15) is 19.5 Å². The average Bonchev–Trinajstić information content (AvgIpc) is 2.51. The van der Waals surface area contributed by atoms with Gasteiger partial charge >= 0.3 is 32.2 Å². The standard InChI is InChI=1S/C13H19F6N2O4P/c1-26(24-8-4-2-6-20-10(22)12(14,15)16)25-9-5-3-7-21-11(23)13(17,18)19/h1-9H2,(H-,20,21,22,23)/p+1. The number of amides is 2. The Bertz CT molecular complexity index is 431. The molecule has 0 aromatic heterocycles. The van der Waals surface area contributed by atoms with Crippen LogP contribution in [0, 0.1) is 0 Å². The number of nitrogens with one attached hydrogen (secondary N) is 2. The summed E-state index contributed by atoms with van der Waals surface area (Å²) in [6.45, 7) is 0.0833. The van der Waals surface area contributed by atoms with Crippen molar-refractivity contribution in [1.82, 2.24) is 10.6 Å². The van der Waals surface area contributed by atoms with Crippen LogP contribution in [0.2, 0.25) is 0 Å². The second kappa shape index (κ2) is 12.1. The molecule has 0 aliphatic carbocycles. The van der Waals surface area contributed by atoms with Gasteiger partial charge in [0.25, 0.3) is 0 Å². The number of hydrogen-bond donors (Lipinski definition) is 2. The van der Waals surface area contributed by atoms with Gasteiger partial charge in [-0.15, -0.1) is 0 Å². The summed E-state index contributed by atoms with van der Waals surface area (Å²) in [6.07, 6.45) is -4.88. The summed E-state index contributed by atoms with van der Waals surface area (Å²) >= 11 is 0. The van der Waals surface area contributed by atoms with Gasteiger partial charge in [-0.1, -0.05) is 0 Å². The SMILES string of the molecule is C=[P+](OCCCCNC(=O)C(F)(F)F)OCCCCNC(=O)C(F)(F)F. The fourth-order valence-electron chi connectivity index (χ4n) is 1.43. The van der Waals surface area contributed by atoms with Gasteiger partial charge in [0.2, 0.25) is 0 Å². The molecule has 13 heteroatoms. The molecule has 0 rings (SSSR count). The third-order valence-electron chi connectivity index (χ3n) is 2.70. The Kier molecular flexibility index (Phi) is 11.4. The molecule has 0 atom stereocenters. The predicted molar refractivity (Wildman–Crippen MR) is 82.5 cm³/mol. The quantitative estimate of drug-likeness (QED) is 0.293. The fraction of sp³-hybridized carbons (Fsp3) is 0.769. The Balaban J connectivity index is 3.51. The van der Waals surface area contributed by atoms with E-state index in [2.05, 4.69) is 6.30 Å². The summed E-state index contributed by atoms with van der Waals surface area (Å²) in [5.41, 5.74) is 0. The Labute approximate surface area is 147 Å². The van der Waals surface area contributed by atoms with E-state index >= 15 is 0 Å². The van der Waals surface area contributed by atoms with E-state index < -0.39 is 32.2 Å². The molecule has 0 unspecified atom stereocenters. The van der Waals surface area contributed by atoms with E-state index in [1.54, 1.807) is 10.6 Å². The van der Waals surface area contributed by atoms with Gasteiger partial charge in [0.15, 0.2) is 0 Å². The van der Waals surface area contributed by atoms with E-state index in [4.69, 9.17) is 9.05 Å². The Hall–Kier alpha value is -1.39. The van der Waals surface area contributed by atoms with E-state index in [0.717, 1.165) is 0 Å². The molecule has 0 bridgehead atoms. The molecular weight excluding hydrogens is 393 g/mol. The lowest BCUT2D eigenvalue weighted by molar-refractivity contribution is -0.173. The van der Waals surface area contributed by atoms with E-state index in [1.165, 1.54) is 0 Å². The summed E-state index contributed by atoms with van der Waals surface area (Å²) < 4.78 is 81.7. The first kappa shape index (κ1) is 24.6. The molecule has 26 heavy (non-hydrogen) atoms. The van der Waals surface area contributed by atoms with Gasteiger partial charge in [-0.2, -0.15) is 35.4 Å². The summed E-state index contributed by atoms with van der Waals surface area (Å²) in [5.74, 6) is -3.99. The van der Waals surface area contributed by atoms with Crippen molar-refractivity contribution in [2.75, 3.05) is 26.3 Å². The molecule has 152 valence electrons. The normalized spacial score (nSPS) is 11.9. The van der Waals surface area contributed by atoms with Crippen molar-refractivity contribution in [2.24, 2.45) is 0 Å². The van der Waals surface area contributed by atoms with E-state index in [0.29, 0.717) is 12.8 Å². The van der Waals surface area contributed by atoms with Crippen molar-refractivity contribution < 1.29 is 45.0 Å². The van der Waals surface area contributed by atoms with Crippen molar-refractivity contribution in [3.8, 4) is 0 Å². The van der Waals surface area contributed by atoms with Crippen LogP contribution >= 0.6 is 8.00 Å². The second-order valence-corrected chi connectivity index (χ2v) is 6.10. The van der Waals surface area contributed by atoms with Crippen molar-refractivity contribution in [1.29, 1.82) is 0 Å². The number of unbranched alkanes of at least 4 members (excludes halogenated alkanes) is 2. The van der Waals surface area contributed by atoms with Crippen LogP contribution in [0.15, 0.2) is 0 Å². The Morgan fingerprint density at radius 1 is 0.769 bits per heavy atom. The molecule has 0 heterocycles. The second-order valence-electron chi connectivity index (χ2n) is 4.92. The van der Waals surface area contributed by atoms with Crippen LogP contribution in [0.1, 0.15) is 25.7 Å². The van der Waals surface area contributed by atoms with E-state index in [1.807, 2.05) is 0 Å². The first-order chi connectivity index (χ1) is 11.9. The van der Waals surface area contributed by atoms with Crippen LogP contribution in [-0.4, -0.2) is 56.8 Å². The lowest BCUT2D eigenvalue weighted by Gasteiger charge is -2.07. The monoisotopic (exact) mass is 413 g/mol. The third kappa shape index (κ3) is 12.9. The minimum atomic E-state index is -4.90. The van der Waals surface area contributed by atoms with Crippen molar-refractivity contribution >= 4 is 26.1 Å². The van der Waals surface area contributed by atoms with Gasteiger partial charge in [-0.3, -0.25) is 9.59 Å². The maximum absolute atomic E-state index is 11.9. The summed E-state index contributed by atoms with van der Waals surface area (Å²) in [7, 11) is -1.47. The van der Waals surface area contributed by atoms with Gasteiger partial charge in [0.05, 0.1) is 0 Å². The average molecular weight is 413 g/mol. The number of carbonyl (C=O) groups is 2. The number of halogens is 6. The zero-order chi connectivity index (χ0) is 20.2. The van der Waals surface area contributed by atoms with Crippen LogP contribution in [0.3, 0.4) is 0 Å². The van der Waals surface area contributed by atoms with Crippen LogP contribution in [-0.2, 0) is 18.6 Å². The molecule has 6 nitrogen and oxygen atoms in total. The van der Waals surface area contributed by atoms with E-state index in [9.17, 15) is 35.9 Å². The van der Waals surface area contributed by atoms with Gasteiger partial charge in [-0.05, 0) is 25.7 Å². The zero-order valence-electron chi connectivity index (χ0n) is 13.7. The highest BCUT2D eigenvalue weighted by Gasteiger charge is 2.38. The summed E-state index contributed by atoms with van der Waals surface area (Å²) in [5, 5.41) is 3.44.